The van der Waals surface area contributed by atoms with Crippen molar-refractivity contribution in [1.29, 1.82) is 0 Å². The number of rotatable bonds is 4. The number of para-hydroxylation sites is 1. The van der Waals surface area contributed by atoms with Gasteiger partial charge in [-0.1, -0.05) is 24.3 Å². The first-order valence-corrected chi connectivity index (χ1v) is 7.57. The van der Waals surface area contributed by atoms with Crippen LogP contribution in [0.3, 0.4) is 0 Å². The third kappa shape index (κ3) is 3.08. The van der Waals surface area contributed by atoms with Gasteiger partial charge >= 0.3 is 6.03 Å². The number of anilines is 1. The van der Waals surface area contributed by atoms with Crippen LogP contribution in [0.1, 0.15) is 11.1 Å². The molecule has 2 aromatic carbocycles. The van der Waals surface area contributed by atoms with Crippen LogP contribution in [-0.2, 0) is 13.0 Å². The molecule has 0 saturated carbocycles. The zero-order valence-electron chi connectivity index (χ0n) is 13.3. The van der Waals surface area contributed by atoms with Crippen molar-refractivity contribution in [3.63, 3.8) is 0 Å². The SMILES string of the molecule is COc1ccc(CNC(=O)N2CCc3ccccc32)cc1OC. The number of hydrogen-bond acceptors (Lipinski definition) is 3. The molecule has 3 rings (SSSR count). The van der Waals surface area contributed by atoms with Gasteiger partial charge in [0.2, 0.25) is 0 Å². The normalized spacial score (nSPS) is 12.7. The van der Waals surface area contributed by atoms with Crippen molar-refractivity contribution in [3.8, 4) is 11.5 Å². The number of benzene rings is 2. The van der Waals surface area contributed by atoms with Crippen LogP contribution in [0, 0.1) is 0 Å². The third-order valence-electron chi connectivity index (χ3n) is 4.02. The molecule has 0 atom stereocenters. The Bertz CT molecular complexity index is 715. The molecule has 1 aliphatic rings. The van der Waals surface area contributed by atoms with Crippen molar-refractivity contribution in [3.05, 3.63) is 53.6 Å². The molecule has 1 N–H and O–H groups in total. The average Bonchev–Trinajstić information content (AvgIpc) is 3.03. The van der Waals surface area contributed by atoms with Gasteiger partial charge in [-0.2, -0.15) is 0 Å². The minimum Gasteiger partial charge on any atom is -0.493 e. The summed E-state index contributed by atoms with van der Waals surface area (Å²) >= 11 is 0. The maximum atomic E-state index is 12.4. The molecule has 0 radical (unpaired) electrons. The number of carbonyl (C=O) groups excluding carboxylic acids is 1. The van der Waals surface area contributed by atoms with Crippen LogP contribution >= 0.6 is 0 Å². The smallest absolute Gasteiger partial charge is 0.322 e. The van der Waals surface area contributed by atoms with Crippen molar-refractivity contribution >= 4 is 11.7 Å². The van der Waals surface area contributed by atoms with Crippen LogP contribution in [-0.4, -0.2) is 26.8 Å². The molecule has 0 aromatic heterocycles. The highest BCUT2D eigenvalue weighted by Gasteiger charge is 2.23. The van der Waals surface area contributed by atoms with E-state index < -0.39 is 0 Å². The number of ether oxygens (including phenoxy) is 2. The second-order valence-corrected chi connectivity index (χ2v) is 5.38. The Kier molecular flexibility index (Phi) is 4.37. The number of fused-ring (bicyclic) bond motifs is 1. The van der Waals surface area contributed by atoms with Gasteiger partial charge in [0.05, 0.1) is 14.2 Å². The molecule has 0 spiro atoms. The van der Waals surface area contributed by atoms with Crippen LogP contribution in [0.25, 0.3) is 0 Å². The highest BCUT2D eigenvalue weighted by molar-refractivity contribution is 5.94. The number of nitrogens with one attached hydrogen (secondary N) is 1. The van der Waals surface area contributed by atoms with Gasteiger partial charge in [0.15, 0.2) is 11.5 Å². The summed E-state index contributed by atoms with van der Waals surface area (Å²) in [6.07, 6.45) is 0.903. The molecule has 0 aliphatic carbocycles. The van der Waals surface area contributed by atoms with Crippen LogP contribution in [0.4, 0.5) is 10.5 Å². The predicted molar refractivity (Wildman–Crippen MR) is 89.3 cm³/mol. The van der Waals surface area contributed by atoms with Gasteiger partial charge in [0, 0.05) is 18.8 Å². The van der Waals surface area contributed by atoms with Gasteiger partial charge in [-0.05, 0) is 35.7 Å². The van der Waals surface area contributed by atoms with Gasteiger partial charge in [0.1, 0.15) is 0 Å². The second-order valence-electron chi connectivity index (χ2n) is 5.38. The van der Waals surface area contributed by atoms with E-state index in [9.17, 15) is 4.79 Å². The first-order chi connectivity index (χ1) is 11.2. The Hall–Kier alpha value is -2.69. The lowest BCUT2D eigenvalue weighted by Gasteiger charge is -2.18. The van der Waals surface area contributed by atoms with Gasteiger partial charge in [0.25, 0.3) is 0 Å². The van der Waals surface area contributed by atoms with Crippen molar-refractivity contribution in [2.45, 2.75) is 13.0 Å². The Morgan fingerprint density at radius 1 is 1.13 bits per heavy atom. The first kappa shape index (κ1) is 15.2. The molecule has 0 saturated heterocycles. The summed E-state index contributed by atoms with van der Waals surface area (Å²) in [5.41, 5.74) is 3.18. The van der Waals surface area contributed by atoms with Gasteiger partial charge in [-0.3, -0.25) is 4.90 Å². The maximum absolute atomic E-state index is 12.4. The lowest BCUT2D eigenvalue weighted by Crippen LogP contribution is -2.38. The van der Waals surface area contributed by atoms with E-state index in [1.807, 2.05) is 36.4 Å². The van der Waals surface area contributed by atoms with Gasteiger partial charge in [-0.15, -0.1) is 0 Å². The number of nitrogens with zero attached hydrogens (tertiary/aromatic N) is 1. The van der Waals surface area contributed by atoms with Crippen LogP contribution in [0.5, 0.6) is 11.5 Å². The van der Waals surface area contributed by atoms with E-state index in [1.165, 1.54) is 5.56 Å². The highest BCUT2D eigenvalue weighted by Crippen LogP contribution is 2.28. The summed E-state index contributed by atoms with van der Waals surface area (Å²) in [5.74, 6) is 1.34. The minimum atomic E-state index is -0.0789. The van der Waals surface area contributed by atoms with Crippen molar-refractivity contribution in [2.24, 2.45) is 0 Å². The average molecular weight is 312 g/mol. The third-order valence-corrected chi connectivity index (χ3v) is 4.02. The van der Waals surface area contributed by atoms with Crippen LogP contribution in [0.15, 0.2) is 42.5 Å². The van der Waals surface area contributed by atoms with E-state index in [0.717, 1.165) is 24.2 Å². The summed E-state index contributed by atoms with van der Waals surface area (Å²) in [6, 6.07) is 13.6. The van der Waals surface area contributed by atoms with Crippen LogP contribution < -0.4 is 19.7 Å². The van der Waals surface area contributed by atoms with E-state index in [1.54, 1.807) is 19.1 Å². The minimum absolute atomic E-state index is 0.0789. The maximum Gasteiger partial charge on any atom is 0.322 e. The molecular formula is C18H20N2O3. The highest BCUT2D eigenvalue weighted by atomic mass is 16.5. The fourth-order valence-corrected chi connectivity index (χ4v) is 2.81. The largest absolute Gasteiger partial charge is 0.493 e. The van der Waals surface area contributed by atoms with Crippen molar-refractivity contribution < 1.29 is 14.3 Å². The summed E-state index contributed by atoms with van der Waals surface area (Å²) in [4.78, 5) is 14.2. The van der Waals surface area contributed by atoms with Gasteiger partial charge in [-0.25, -0.2) is 4.79 Å². The van der Waals surface area contributed by atoms with E-state index in [2.05, 4.69) is 11.4 Å². The molecule has 5 heteroatoms. The number of hydrogen-bond donors (Lipinski definition) is 1. The van der Waals surface area contributed by atoms with E-state index in [-0.39, 0.29) is 6.03 Å². The van der Waals surface area contributed by atoms with Crippen molar-refractivity contribution in [2.75, 3.05) is 25.7 Å². The monoisotopic (exact) mass is 312 g/mol. The standard InChI is InChI=1S/C18H20N2O3/c1-22-16-8-7-13(11-17(16)23-2)12-19-18(21)20-10-9-14-5-3-4-6-15(14)20/h3-8,11H,9-10,12H2,1-2H3,(H,19,21). The predicted octanol–water partition coefficient (Wildman–Crippen LogP) is 2.98. The quantitative estimate of drug-likeness (QED) is 0.944. The molecular weight excluding hydrogens is 292 g/mol. The molecule has 120 valence electrons. The van der Waals surface area contributed by atoms with E-state index in [4.69, 9.17) is 9.47 Å². The summed E-state index contributed by atoms with van der Waals surface area (Å²) in [5, 5.41) is 2.96. The fourth-order valence-electron chi connectivity index (χ4n) is 2.81. The van der Waals surface area contributed by atoms with Crippen molar-refractivity contribution in [1.82, 2.24) is 5.32 Å². The molecule has 1 heterocycles. The summed E-state index contributed by atoms with van der Waals surface area (Å²) in [7, 11) is 3.20. The molecule has 23 heavy (non-hydrogen) atoms. The fraction of sp³-hybridized carbons (Fsp3) is 0.278. The molecule has 1 aliphatic heterocycles. The molecule has 2 amide bonds. The Labute approximate surface area is 135 Å². The Morgan fingerprint density at radius 2 is 1.91 bits per heavy atom. The zero-order chi connectivity index (χ0) is 16.2. The lowest BCUT2D eigenvalue weighted by atomic mass is 10.2. The molecule has 0 unspecified atom stereocenters. The summed E-state index contributed by atoms with van der Waals surface area (Å²) < 4.78 is 10.5. The second kappa shape index (κ2) is 6.60. The van der Waals surface area contributed by atoms with E-state index in [0.29, 0.717) is 18.0 Å². The number of amides is 2. The zero-order valence-corrected chi connectivity index (χ0v) is 13.3. The lowest BCUT2D eigenvalue weighted by molar-refractivity contribution is 0.246. The Morgan fingerprint density at radius 3 is 2.70 bits per heavy atom. The first-order valence-electron chi connectivity index (χ1n) is 7.57. The molecule has 2 aromatic rings. The number of urea groups is 1. The number of methoxy groups -OCH3 is 2. The number of carbonyl (C=O) groups is 1. The molecule has 0 bridgehead atoms. The molecule has 5 nitrogen and oxygen atoms in total. The molecule has 0 fully saturated rings. The van der Waals surface area contributed by atoms with E-state index >= 15 is 0 Å². The summed E-state index contributed by atoms with van der Waals surface area (Å²) in [6.45, 7) is 1.16. The Balaban J connectivity index is 1.66. The van der Waals surface area contributed by atoms with Gasteiger partial charge < -0.3 is 14.8 Å². The van der Waals surface area contributed by atoms with Crippen LogP contribution in [0.2, 0.25) is 0 Å². The topological polar surface area (TPSA) is 50.8 Å².